The summed E-state index contributed by atoms with van der Waals surface area (Å²) in [6.07, 6.45) is 1.80. The monoisotopic (exact) mass is 776 g/mol. The number of carbonyl (C=O) groups excluding carboxylic acids is 3. The maximum absolute atomic E-state index is 15.0. The predicted octanol–water partition coefficient (Wildman–Crippen LogP) is 6.68. The third kappa shape index (κ3) is 6.67. The van der Waals surface area contributed by atoms with Crippen LogP contribution in [0.1, 0.15) is 41.2 Å². The zero-order chi connectivity index (χ0) is 38.6. The molecule has 1 aromatic heterocycles. The molecular formula is C43H45ClN4O6Si. The SMILES string of the molecule is C[C@@H]1[C@@H]([Si](C)(C)O)[C@H](CC(=O)N2Cc3ccccc3C[C@H]2CO)O[C@@]12C(=O)N(Cc1cccc(NC(=O)Cc3c[nH]c4ccccc34)c1)c1ccc(Cl)cc12. The van der Waals surface area contributed by atoms with Gasteiger partial charge in [0, 0.05) is 51.4 Å². The first-order chi connectivity index (χ1) is 26.4. The molecule has 4 aromatic carbocycles. The number of H-pyrrole nitrogens is 1. The number of nitrogens with one attached hydrogen (secondary N) is 2. The number of para-hydroxylation sites is 1. The smallest absolute Gasteiger partial charge is 0.264 e. The summed E-state index contributed by atoms with van der Waals surface area (Å²) in [6.45, 7) is 5.97. The number of ether oxygens (including phenoxy) is 1. The van der Waals surface area contributed by atoms with Gasteiger partial charge in [-0.05, 0) is 78.2 Å². The van der Waals surface area contributed by atoms with Crippen molar-refractivity contribution in [1.29, 1.82) is 0 Å². The van der Waals surface area contributed by atoms with E-state index in [1.165, 1.54) is 0 Å². The maximum Gasteiger partial charge on any atom is 0.264 e. The summed E-state index contributed by atoms with van der Waals surface area (Å²) >= 11 is 6.61. The molecule has 4 N–H and O–H groups in total. The minimum absolute atomic E-state index is 0.0457. The molecule has 1 spiro atoms. The Morgan fingerprint density at radius 2 is 1.78 bits per heavy atom. The summed E-state index contributed by atoms with van der Waals surface area (Å²) in [6, 6.07) is 28.2. The Labute approximate surface area is 326 Å². The van der Waals surface area contributed by atoms with Crippen LogP contribution in [0.5, 0.6) is 0 Å². The van der Waals surface area contributed by atoms with E-state index in [0.717, 1.165) is 33.2 Å². The fourth-order valence-electron chi connectivity index (χ4n) is 9.32. The highest BCUT2D eigenvalue weighted by molar-refractivity contribution is 6.71. The molecule has 10 nitrogen and oxygen atoms in total. The van der Waals surface area contributed by atoms with Gasteiger partial charge in [0.2, 0.25) is 11.8 Å². The first kappa shape index (κ1) is 37.2. The van der Waals surface area contributed by atoms with Gasteiger partial charge in [-0.2, -0.15) is 0 Å². The number of benzene rings is 4. The highest BCUT2D eigenvalue weighted by atomic mass is 35.5. The first-order valence-electron chi connectivity index (χ1n) is 18.8. The molecule has 3 amide bonds. The van der Waals surface area contributed by atoms with Crippen LogP contribution in [0, 0.1) is 5.92 Å². The van der Waals surface area contributed by atoms with E-state index in [1.807, 2.05) is 105 Å². The van der Waals surface area contributed by atoms with Gasteiger partial charge >= 0.3 is 0 Å². The molecule has 3 aliphatic rings. The zero-order valence-corrected chi connectivity index (χ0v) is 32.8. The number of hydrogen-bond acceptors (Lipinski definition) is 6. The van der Waals surface area contributed by atoms with Gasteiger partial charge in [0.25, 0.3) is 5.91 Å². The Morgan fingerprint density at radius 3 is 2.56 bits per heavy atom. The van der Waals surface area contributed by atoms with Crippen molar-refractivity contribution in [1.82, 2.24) is 9.88 Å². The third-order valence-corrected chi connectivity index (χ3v) is 14.5. The molecule has 8 rings (SSSR count). The maximum atomic E-state index is 15.0. The van der Waals surface area contributed by atoms with Crippen molar-refractivity contribution < 1.29 is 29.0 Å². The number of aromatic amines is 1. The summed E-state index contributed by atoms with van der Waals surface area (Å²) in [4.78, 5) is 60.7. The average Bonchev–Trinajstić information content (AvgIpc) is 3.77. The number of anilines is 2. The topological polar surface area (TPSA) is 135 Å². The van der Waals surface area contributed by atoms with E-state index in [1.54, 1.807) is 21.9 Å². The lowest BCUT2D eigenvalue weighted by Gasteiger charge is -2.37. The number of aromatic nitrogens is 1. The molecule has 0 saturated carbocycles. The second-order valence-corrected chi connectivity index (χ2v) is 20.1. The van der Waals surface area contributed by atoms with Gasteiger partial charge in [-0.25, -0.2) is 0 Å². The van der Waals surface area contributed by atoms with E-state index in [4.69, 9.17) is 16.3 Å². The summed E-state index contributed by atoms with van der Waals surface area (Å²) in [5, 5.41) is 14.8. The normalized spacial score (nSPS) is 23.3. The molecule has 1 fully saturated rings. The van der Waals surface area contributed by atoms with Crippen LogP contribution in [0.25, 0.3) is 10.9 Å². The number of halogens is 1. The van der Waals surface area contributed by atoms with Crippen molar-refractivity contribution in [2.24, 2.45) is 5.92 Å². The highest BCUT2D eigenvalue weighted by Crippen LogP contribution is 2.60. The molecule has 284 valence electrons. The van der Waals surface area contributed by atoms with Crippen LogP contribution in [0.3, 0.4) is 0 Å². The van der Waals surface area contributed by atoms with Crippen molar-refractivity contribution in [2.75, 3.05) is 16.8 Å². The lowest BCUT2D eigenvalue weighted by atomic mass is 9.82. The minimum Gasteiger partial charge on any atom is -0.432 e. The lowest BCUT2D eigenvalue weighted by molar-refractivity contribution is -0.151. The van der Waals surface area contributed by atoms with Crippen molar-refractivity contribution in [2.45, 2.75) is 75.7 Å². The van der Waals surface area contributed by atoms with Crippen LogP contribution < -0.4 is 10.2 Å². The van der Waals surface area contributed by atoms with Gasteiger partial charge in [-0.1, -0.05) is 73.1 Å². The Hall–Kier alpha value is -4.78. The van der Waals surface area contributed by atoms with Gasteiger partial charge < -0.3 is 34.7 Å². The number of aliphatic hydroxyl groups excluding tert-OH is 1. The molecule has 5 aromatic rings. The molecule has 1 saturated heterocycles. The molecular weight excluding hydrogens is 732 g/mol. The van der Waals surface area contributed by atoms with Crippen LogP contribution in [-0.2, 0) is 50.7 Å². The van der Waals surface area contributed by atoms with Crippen LogP contribution in [-0.4, -0.2) is 64.6 Å². The van der Waals surface area contributed by atoms with E-state index in [0.29, 0.717) is 34.9 Å². The van der Waals surface area contributed by atoms with Gasteiger partial charge in [0.1, 0.15) is 0 Å². The molecule has 0 bridgehead atoms. The number of hydrogen-bond donors (Lipinski definition) is 4. The Balaban J connectivity index is 1.05. The molecule has 0 unspecified atom stereocenters. The van der Waals surface area contributed by atoms with Crippen LogP contribution in [0.2, 0.25) is 23.7 Å². The molecule has 55 heavy (non-hydrogen) atoms. The van der Waals surface area contributed by atoms with Crippen molar-refractivity contribution >= 4 is 59.9 Å². The van der Waals surface area contributed by atoms with Crippen molar-refractivity contribution in [3.63, 3.8) is 0 Å². The third-order valence-electron chi connectivity index (χ3n) is 11.8. The summed E-state index contributed by atoms with van der Waals surface area (Å²) in [5.74, 6) is -1.13. The molecule has 3 aliphatic heterocycles. The predicted molar refractivity (Wildman–Crippen MR) is 215 cm³/mol. The minimum atomic E-state index is -3.06. The van der Waals surface area contributed by atoms with Crippen molar-refractivity contribution in [3.05, 3.63) is 130 Å². The quantitative estimate of drug-likeness (QED) is 0.123. The Bertz CT molecular complexity index is 2310. The lowest BCUT2D eigenvalue weighted by Crippen LogP contribution is -2.48. The molecule has 4 heterocycles. The number of fused-ring (bicyclic) bond motifs is 4. The fourth-order valence-corrected chi connectivity index (χ4v) is 12.1. The molecule has 5 atom stereocenters. The van der Waals surface area contributed by atoms with Crippen LogP contribution in [0.4, 0.5) is 11.4 Å². The number of rotatable bonds is 9. The number of carbonyl (C=O) groups is 3. The average molecular weight is 777 g/mol. The second-order valence-electron chi connectivity index (χ2n) is 15.7. The Morgan fingerprint density at radius 1 is 1.02 bits per heavy atom. The summed E-state index contributed by atoms with van der Waals surface area (Å²) in [7, 11) is -3.06. The number of nitrogens with zero attached hydrogens (tertiary/aromatic N) is 2. The van der Waals surface area contributed by atoms with E-state index in [9.17, 15) is 24.3 Å². The summed E-state index contributed by atoms with van der Waals surface area (Å²) < 4.78 is 6.93. The first-order valence-corrected chi connectivity index (χ1v) is 22.2. The van der Waals surface area contributed by atoms with Gasteiger partial charge in [-0.15, -0.1) is 0 Å². The summed E-state index contributed by atoms with van der Waals surface area (Å²) in [5.41, 5.74) is 4.73. The molecule has 0 radical (unpaired) electrons. The van der Waals surface area contributed by atoms with Crippen LogP contribution >= 0.6 is 11.6 Å². The largest absolute Gasteiger partial charge is 0.432 e. The van der Waals surface area contributed by atoms with Crippen LogP contribution in [0.15, 0.2) is 97.2 Å². The van der Waals surface area contributed by atoms with Gasteiger partial charge in [0.15, 0.2) is 13.9 Å². The Kier molecular flexibility index (Phi) is 9.71. The fraction of sp³-hybridized carbons (Fsp3) is 0.326. The number of aliphatic hydroxyl groups is 1. The standard InChI is InChI=1S/C43H45ClN4O6Si/c1-26-41(55(2,3)53)38(21-40(51)47-24-29-11-5-4-10-28(29)18-33(47)25-49)54-43(26)35-20-31(44)15-16-37(35)48(42(43)52)23-27-9-8-12-32(17-27)46-39(50)19-30-22-45-36-14-7-6-13-34(30)36/h4-17,20,22,26,33,38,41,45,49,53H,18-19,21,23-25H2,1-3H3,(H,46,50)/t26-,33+,38+,41-,43+/m1/s1. The molecule has 0 aliphatic carbocycles. The number of amides is 3. The van der Waals surface area contributed by atoms with E-state index in [2.05, 4.69) is 10.3 Å². The van der Waals surface area contributed by atoms with E-state index in [-0.39, 0.29) is 49.8 Å². The van der Waals surface area contributed by atoms with E-state index < -0.39 is 31.5 Å². The molecule has 12 heteroatoms. The van der Waals surface area contributed by atoms with Gasteiger partial charge in [-0.3, -0.25) is 14.4 Å². The zero-order valence-electron chi connectivity index (χ0n) is 31.1. The van der Waals surface area contributed by atoms with E-state index >= 15 is 0 Å². The second kappa shape index (κ2) is 14.4. The van der Waals surface area contributed by atoms with Crippen molar-refractivity contribution in [3.8, 4) is 0 Å². The highest BCUT2D eigenvalue weighted by Gasteiger charge is 2.66. The van der Waals surface area contributed by atoms with Gasteiger partial charge in [0.05, 0.1) is 43.8 Å².